The largest absolute Gasteiger partial charge is 0.310 e. The molecule has 0 spiro atoms. The average Bonchev–Trinajstić information content (AvgIpc) is 3.81. The lowest BCUT2D eigenvalue weighted by Gasteiger charge is -2.34. The predicted octanol–water partition coefficient (Wildman–Crippen LogP) is 15.4. The van der Waals surface area contributed by atoms with Gasteiger partial charge in [-0.25, -0.2) is 0 Å². The number of hydrogen-bond donors (Lipinski definition) is 0. The number of fused-ring (bicyclic) bond motifs is 4. The standard InChI is InChI=1S/C55H39NS/c1-3-46-48-37-41(31-36-53(48)57-52(46)4-2)40-29-34-45(35-30-40)56(44-32-27-39(28-33-44)38-17-8-5-9-18-38)51-26-16-25-50-54(51)47-23-14-15-24-49(47)55(50,42-19-10-6-11-20-42)43-21-12-7-13-22-43/h3-37H,1-2H2. The molecule has 0 radical (unpaired) electrons. The fourth-order valence-electron chi connectivity index (χ4n) is 9.00. The van der Waals surface area contributed by atoms with Crippen LogP contribution in [0.2, 0.25) is 0 Å². The summed E-state index contributed by atoms with van der Waals surface area (Å²) in [7, 11) is 0. The highest BCUT2D eigenvalue weighted by molar-refractivity contribution is 7.20. The molecule has 0 aliphatic heterocycles. The van der Waals surface area contributed by atoms with Gasteiger partial charge in [0, 0.05) is 31.9 Å². The van der Waals surface area contributed by atoms with Crippen LogP contribution in [0.15, 0.2) is 213 Å². The molecule has 0 unspecified atom stereocenters. The Kier molecular flexibility index (Phi) is 8.62. The van der Waals surface area contributed by atoms with Gasteiger partial charge in [-0.15, -0.1) is 11.3 Å². The van der Waals surface area contributed by atoms with Gasteiger partial charge < -0.3 is 4.90 Å². The van der Waals surface area contributed by atoms with Gasteiger partial charge in [0.25, 0.3) is 0 Å². The SMILES string of the molecule is C=Cc1sc2ccc(-c3ccc(N(c4ccc(-c5ccccc5)cc4)c4cccc5c4-c4ccccc4C5(c4ccccc4)c4ccccc4)cc3)cc2c1C=C. The lowest BCUT2D eigenvalue weighted by Crippen LogP contribution is -2.28. The van der Waals surface area contributed by atoms with E-state index in [1.165, 1.54) is 60.2 Å². The van der Waals surface area contributed by atoms with E-state index >= 15 is 0 Å². The Morgan fingerprint density at radius 3 is 1.60 bits per heavy atom. The van der Waals surface area contributed by atoms with E-state index in [9.17, 15) is 0 Å². The number of thiophene rings is 1. The van der Waals surface area contributed by atoms with Gasteiger partial charge in [0.2, 0.25) is 0 Å². The molecule has 2 heteroatoms. The van der Waals surface area contributed by atoms with Crippen molar-refractivity contribution in [1.82, 2.24) is 0 Å². The molecule has 0 atom stereocenters. The maximum Gasteiger partial charge on any atom is 0.0714 e. The molecule has 0 N–H and O–H groups in total. The fraction of sp³-hybridized carbons (Fsp3) is 0.0182. The molecule has 0 amide bonds. The van der Waals surface area contributed by atoms with Gasteiger partial charge in [0.05, 0.1) is 11.1 Å². The summed E-state index contributed by atoms with van der Waals surface area (Å²) in [6, 6.07) is 73.3. The molecule has 1 heterocycles. The highest BCUT2D eigenvalue weighted by Crippen LogP contribution is 2.59. The smallest absolute Gasteiger partial charge is 0.0714 e. The number of rotatable bonds is 9. The second-order valence-corrected chi connectivity index (χ2v) is 15.6. The van der Waals surface area contributed by atoms with Crippen molar-refractivity contribution in [3.63, 3.8) is 0 Å². The minimum Gasteiger partial charge on any atom is -0.310 e. The van der Waals surface area contributed by atoms with E-state index < -0.39 is 5.41 Å². The van der Waals surface area contributed by atoms with Crippen molar-refractivity contribution in [2.24, 2.45) is 0 Å². The molecular formula is C55H39NS. The zero-order chi connectivity index (χ0) is 38.3. The summed E-state index contributed by atoms with van der Waals surface area (Å²) in [5, 5.41) is 1.21. The molecule has 9 aromatic rings. The van der Waals surface area contributed by atoms with Crippen molar-refractivity contribution >= 4 is 50.6 Å². The number of anilines is 3. The first kappa shape index (κ1) is 34.5. The maximum absolute atomic E-state index is 4.11. The molecule has 10 rings (SSSR count). The summed E-state index contributed by atoms with van der Waals surface area (Å²) >= 11 is 1.76. The third-order valence-electron chi connectivity index (χ3n) is 11.5. The van der Waals surface area contributed by atoms with Crippen LogP contribution in [0.1, 0.15) is 32.7 Å². The molecule has 57 heavy (non-hydrogen) atoms. The van der Waals surface area contributed by atoms with Crippen molar-refractivity contribution < 1.29 is 0 Å². The monoisotopic (exact) mass is 745 g/mol. The normalized spacial score (nSPS) is 12.5. The Hall–Kier alpha value is -7.00. The van der Waals surface area contributed by atoms with E-state index in [4.69, 9.17) is 0 Å². The zero-order valence-corrected chi connectivity index (χ0v) is 32.3. The second kappa shape index (κ2) is 14.3. The Labute approximate surface area is 338 Å². The Morgan fingerprint density at radius 2 is 0.982 bits per heavy atom. The van der Waals surface area contributed by atoms with Crippen LogP contribution in [0.3, 0.4) is 0 Å². The highest BCUT2D eigenvalue weighted by atomic mass is 32.1. The first-order valence-electron chi connectivity index (χ1n) is 19.4. The molecule has 0 bridgehead atoms. The minimum absolute atomic E-state index is 0.493. The summed E-state index contributed by atoms with van der Waals surface area (Å²) in [6.07, 6.45) is 3.88. The second-order valence-electron chi connectivity index (χ2n) is 14.5. The van der Waals surface area contributed by atoms with Gasteiger partial charge in [-0.3, -0.25) is 0 Å². The average molecular weight is 746 g/mol. The van der Waals surface area contributed by atoms with Crippen LogP contribution in [0.4, 0.5) is 17.1 Å². The molecule has 1 aliphatic carbocycles. The Bertz CT molecular complexity index is 2860. The highest BCUT2D eigenvalue weighted by Gasteiger charge is 2.47. The number of nitrogens with zero attached hydrogens (tertiary/aromatic N) is 1. The first-order chi connectivity index (χ1) is 28.2. The quantitative estimate of drug-likeness (QED) is 0.142. The third kappa shape index (κ3) is 5.60. The third-order valence-corrected chi connectivity index (χ3v) is 12.7. The molecule has 0 fully saturated rings. The summed E-state index contributed by atoms with van der Waals surface area (Å²) in [5.41, 5.74) is 16.3. The van der Waals surface area contributed by atoms with E-state index in [2.05, 4.69) is 218 Å². The minimum atomic E-state index is -0.493. The molecule has 0 saturated carbocycles. The number of benzene rings is 8. The van der Waals surface area contributed by atoms with Crippen molar-refractivity contribution in [2.45, 2.75) is 5.41 Å². The molecule has 8 aromatic carbocycles. The summed E-state index contributed by atoms with van der Waals surface area (Å²) in [4.78, 5) is 3.59. The first-order valence-corrected chi connectivity index (χ1v) is 20.2. The fourth-order valence-corrected chi connectivity index (χ4v) is 10.0. The van der Waals surface area contributed by atoms with Crippen molar-refractivity contribution in [1.29, 1.82) is 0 Å². The lowest BCUT2D eigenvalue weighted by molar-refractivity contribution is 0.768. The van der Waals surface area contributed by atoms with Crippen LogP contribution in [-0.4, -0.2) is 0 Å². The molecule has 0 saturated heterocycles. The Balaban J connectivity index is 1.18. The molecule has 1 aromatic heterocycles. The van der Waals surface area contributed by atoms with Crippen LogP contribution in [-0.2, 0) is 5.41 Å². The van der Waals surface area contributed by atoms with Crippen molar-refractivity contribution in [3.05, 3.63) is 246 Å². The molecular weight excluding hydrogens is 707 g/mol. The van der Waals surface area contributed by atoms with E-state index in [1.807, 2.05) is 12.2 Å². The van der Waals surface area contributed by atoms with Gasteiger partial charge in [0.15, 0.2) is 0 Å². The topological polar surface area (TPSA) is 3.24 Å². The van der Waals surface area contributed by atoms with Gasteiger partial charge in [0.1, 0.15) is 0 Å². The summed E-state index contributed by atoms with van der Waals surface area (Å²) in [5.74, 6) is 0. The van der Waals surface area contributed by atoms with Crippen molar-refractivity contribution in [2.75, 3.05) is 4.90 Å². The maximum atomic E-state index is 4.11. The lowest BCUT2D eigenvalue weighted by atomic mass is 9.68. The van der Waals surface area contributed by atoms with Gasteiger partial charge in [-0.1, -0.05) is 183 Å². The molecule has 1 nitrogen and oxygen atoms in total. The van der Waals surface area contributed by atoms with Gasteiger partial charge >= 0.3 is 0 Å². The summed E-state index contributed by atoms with van der Waals surface area (Å²) in [6.45, 7) is 8.15. The molecule has 1 aliphatic rings. The van der Waals surface area contributed by atoms with Crippen LogP contribution in [0.25, 0.3) is 55.6 Å². The van der Waals surface area contributed by atoms with E-state index in [0.717, 1.165) is 33.1 Å². The van der Waals surface area contributed by atoms with Crippen LogP contribution in [0, 0.1) is 0 Å². The van der Waals surface area contributed by atoms with Gasteiger partial charge in [-0.05, 0) is 98.1 Å². The van der Waals surface area contributed by atoms with Gasteiger partial charge in [-0.2, -0.15) is 0 Å². The predicted molar refractivity (Wildman–Crippen MR) is 245 cm³/mol. The Morgan fingerprint density at radius 1 is 0.456 bits per heavy atom. The number of hydrogen-bond acceptors (Lipinski definition) is 2. The van der Waals surface area contributed by atoms with Crippen molar-refractivity contribution in [3.8, 4) is 33.4 Å². The van der Waals surface area contributed by atoms with Crippen LogP contribution >= 0.6 is 11.3 Å². The van der Waals surface area contributed by atoms with E-state index in [-0.39, 0.29) is 0 Å². The molecule has 270 valence electrons. The van der Waals surface area contributed by atoms with Crippen LogP contribution < -0.4 is 4.90 Å². The summed E-state index contributed by atoms with van der Waals surface area (Å²) < 4.78 is 1.24. The van der Waals surface area contributed by atoms with E-state index in [1.54, 1.807) is 11.3 Å². The zero-order valence-electron chi connectivity index (χ0n) is 31.5. The van der Waals surface area contributed by atoms with Crippen LogP contribution in [0.5, 0.6) is 0 Å². The van der Waals surface area contributed by atoms with E-state index in [0.29, 0.717) is 0 Å².